The van der Waals surface area contributed by atoms with Crippen molar-refractivity contribution in [2.75, 3.05) is 4.90 Å². The van der Waals surface area contributed by atoms with E-state index >= 15 is 0 Å². The molecule has 5 aliphatic carbocycles. The molecule has 6 rings (SSSR count). The molecule has 2 radical (unpaired) electrons. The minimum atomic E-state index is 0.0798. The maximum Gasteiger partial charge on any atom is 0.0916 e. The summed E-state index contributed by atoms with van der Waals surface area (Å²) in [5, 5.41) is 0. The molecule has 0 spiro atoms. The van der Waals surface area contributed by atoms with Gasteiger partial charge in [0.05, 0.1) is 19.9 Å². The molecule has 0 saturated carbocycles. The molecule has 1 aromatic carbocycles. The lowest BCUT2D eigenvalue weighted by atomic mass is 9.59. The van der Waals surface area contributed by atoms with Gasteiger partial charge in [0.15, 0.2) is 0 Å². The van der Waals surface area contributed by atoms with Crippen LogP contribution in [0.4, 0.5) is 5.69 Å². The standard InChI is InChI=1S/C29H26BN/c30-26-18-14-20-13-17-25-27(19-15-21-12-16-24(26)28(20)29(21)25)31(23-10-6-3-7-11-23)22-8-4-1-2-5-9-22/h1-3,6-7,10-12,14-16,18-19,22,24-27H,4,8,13,17H2. The van der Waals surface area contributed by atoms with E-state index in [0.717, 1.165) is 19.3 Å². The largest absolute Gasteiger partial charge is 0.351 e. The highest BCUT2D eigenvalue weighted by molar-refractivity contribution is 6.14. The Morgan fingerprint density at radius 1 is 0.935 bits per heavy atom. The third-order valence-electron chi connectivity index (χ3n) is 7.45. The van der Waals surface area contributed by atoms with E-state index in [-0.39, 0.29) is 11.9 Å². The number of rotatable bonds is 3. The number of nitrogens with zero attached hydrogens (tertiary/aromatic N) is 1. The summed E-state index contributed by atoms with van der Waals surface area (Å²) in [6, 6.07) is 11.4. The van der Waals surface area contributed by atoms with Crippen LogP contribution in [0.25, 0.3) is 0 Å². The van der Waals surface area contributed by atoms with Gasteiger partial charge in [0.1, 0.15) is 0 Å². The molecule has 0 aromatic heterocycles. The summed E-state index contributed by atoms with van der Waals surface area (Å²) < 4.78 is 0. The molecule has 5 aliphatic rings. The Morgan fingerprint density at radius 2 is 1.81 bits per heavy atom. The van der Waals surface area contributed by atoms with Gasteiger partial charge < -0.3 is 4.90 Å². The number of para-hydroxylation sites is 1. The normalized spacial score (nSPS) is 32.3. The van der Waals surface area contributed by atoms with Gasteiger partial charge in [-0.2, -0.15) is 0 Å². The Hall–Kier alpha value is -2.92. The first-order chi connectivity index (χ1) is 15.3. The summed E-state index contributed by atoms with van der Waals surface area (Å²) in [5.41, 5.74) is 7.21. The second-order valence-corrected chi connectivity index (χ2v) is 9.15. The number of allylic oxidation sites excluding steroid dienone is 10. The van der Waals surface area contributed by atoms with E-state index in [1.165, 1.54) is 28.8 Å². The predicted molar refractivity (Wildman–Crippen MR) is 130 cm³/mol. The molecule has 0 amide bonds. The first-order valence-corrected chi connectivity index (χ1v) is 11.6. The maximum atomic E-state index is 6.51. The van der Waals surface area contributed by atoms with Crippen molar-refractivity contribution >= 4 is 13.5 Å². The van der Waals surface area contributed by atoms with Gasteiger partial charge in [-0.15, -0.1) is 0 Å². The van der Waals surface area contributed by atoms with Crippen molar-refractivity contribution in [2.24, 2.45) is 11.8 Å². The third kappa shape index (κ3) is 3.11. The fourth-order valence-corrected chi connectivity index (χ4v) is 6.05. The molecule has 5 unspecified atom stereocenters. The Morgan fingerprint density at radius 3 is 2.71 bits per heavy atom. The zero-order valence-electron chi connectivity index (χ0n) is 17.7. The number of hydrogen-bond donors (Lipinski definition) is 0. The fourth-order valence-electron chi connectivity index (χ4n) is 6.05. The Labute approximate surface area is 187 Å². The second kappa shape index (κ2) is 7.65. The minimum absolute atomic E-state index is 0.0798. The lowest BCUT2D eigenvalue weighted by Gasteiger charge is -2.48. The van der Waals surface area contributed by atoms with Crippen molar-refractivity contribution in [3.05, 3.63) is 101 Å². The molecular formula is C29H26BN. The lowest BCUT2D eigenvalue weighted by Crippen LogP contribution is -2.48. The molecule has 0 aliphatic heterocycles. The molecule has 0 saturated heterocycles. The van der Waals surface area contributed by atoms with Gasteiger partial charge in [-0.25, -0.2) is 0 Å². The number of benzene rings is 1. The molecule has 0 bridgehead atoms. The first-order valence-electron chi connectivity index (χ1n) is 11.6. The highest BCUT2D eigenvalue weighted by Gasteiger charge is 2.42. The summed E-state index contributed by atoms with van der Waals surface area (Å²) in [7, 11) is 6.51. The van der Waals surface area contributed by atoms with E-state index in [1.807, 2.05) is 6.08 Å². The zero-order valence-corrected chi connectivity index (χ0v) is 17.7. The van der Waals surface area contributed by atoms with Crippen molar-refractivity contribution in [1.82, 2.24) is 0 Å². The van der Waals surface area contributed by atoms with E-state index in [9.17, 15) is 0 Å². The summed E-state index contributed by atoms with van der Waals surface area (Å²) in [6.45, 7) is 0. The first kappa shape index (κ1) is 18.8. The van der Waals surface area contributed by atoms with Gasteiger partial charge in [-0.3, -0.25) is 0 Å². The van der Waals surface area contributed by atoms with Crippen LogP contribution in [-0.4, -0.2) is 19.9 Å². The van der Waals surface area contributed by atoms with Crippen LogP contribution in [0.5, 0.6) is 0 Å². The van der Waals surface area contributed by atoms with Crippen LogP contribution in [-0.2, 0) is 0 Å². The molecule has 5 atom stereocenters. The highest BCUT2D eigenvalue weighted by Crippen LogP contribution is 2.52. The molecule has 1 nitrogen and oxygen atoms in total. The van der Waals surface area contributed by atoms with Crippen LogP contribution < -0.4 is 4.90 Å². The Kier molecular flexibility index (Phi) is 4.64. The maximum absolute atomic E-state index is 6.51. The van der Waals surface area contributed by atoms with Crippen LogP contribution in [0, 0.1) is 23.7 Å². The van der Waals surface area contributed by atoms with E-state index in [2.05, 4.69) is 89.6 Å². The van der Waals surface area contributed by atoms with Gasteiger partial charge >= 0.3 is 0 Å². The predicted octanol–water partition coefficient (Wildman–Crippen LogP) is 5.87. The molecule has 1 aromatic rings. The van der Waals surface area contributed by atoms with Crippen LogP contribution in [0.15, 0.2) is 101 Å². The van der Waals surface area contributed by atoms with Crippen LogP contribution in [0.2, 0.25) is 5.82 Å². The average molecular weight is 399 g/mol. The average Bonchev–Trinajstić information content (AvgIpc) is 3.10. The van der Waals surface area contributed by atoms with Crippen molar-refractivity contribution in [1.29, 1.82) is 0 Å². The number of anilines is 1. The summed E-state index contributed by atoms with van der Waals surface area (Å²) in [4.78, 5) is 2.60. The van der Waals surface area contributed by atoms with E-state index in [1.54, 1.807) is 5.57 Å². The fraction of sp³-hybridized carbons (Fsp3) is 0.310. The SMILES string of the molecule is [B]C1C=CC2=C3C4=C(C=CC31)C=CC(N(c1ccccc1)C1C#CC=CCC1)C4CC2. The minimum Gasteiger partial charge on any atom is -0.351 e. The quantitative estimate of drug-likeness (QED) is 0.454. The second-order valence-electron chi connectivity index (χ2n) is 9.15. The summed E-state index contributed by atoms with van der Waals surface area (Å²) in [6.07, 6.45) is 22.6. The van der Waals surface area contributed by atoms with E-state index in [0.29, 0.717) is 17.9 Å². The molecule has 0 fully saturated rings. The molecular weight excluding hydrogens is 373 g/mol. The van der Waals surface area contributed by atoms with Crippen molar-refractivity contribution in [3.8, 4) is 11.8 Å². The zero-order chi connectivity index (χ0) is 20.8. The lowest BCUT2D eigenvalue weighted by molar-refractivity contribution is 0.429. The Bertz CT molecular complexity index is 1130. The van der Waals surface area contributed by atoms with Crippen molar-refractivity contribution in [3.63, 3.8) is 0 Å². The van der Waals surface area contributed by atoms with Crippen LogP contribution >= 0.6 is 0 Å². The Balaban J connectivity index is 1.45. The molecule has 0 heterocycles. The summed E-state index contributed by atoms with van der Waals surface area (Å²) in [5.74, 6) is 7.71. The topological polar surface area (TPSA) is 3.24 Å². The summed E-state index contributed by atoms with van der Waals surface area (Å²) >= 11 is 0. The third-order valence-corrected chi connectivity index (χ3v) is 7.45. The highest BCUT2D eigenvalue weighted by atomic mass is 15.2. The molecule has 150 valence electrons. The number of hydrogen-bond acceptors (Lipinski definition) is 1. The molecule has 31 heavy (non-hydrogen) atoms. The molecule has 2 heteroatoms. The van der Waals surface area contributed by atoms with Gasteiger partial charge in [-0.05, 0) is 72.0 Å². The van der Waals surface area contributed by atoms with Gasteiger partial charge in [0.25, 0.3) is 0 Å². The van der Waals surface area contributed by atoms with Crippen molar-refractivity contribution < 1.29 is 0 Å². The van der Waals surface area contributed by atoms with Crippen LogP contribution in [0.3, 0.4) is 0 Å². The van der Waals surface area contributed by atoms with Crippen molar-refractivity contribution in [2.45, 2.75) is 43.6 Å². The molecule has 0 N–H and O–H groups in total. The monoisotopic (exact) mass is 399 g/mol. The van der Waals surface area contributed by atoms with E-state index < -0.39 is 0 Å². The van der Waals surface area contributed by atoms with Gasteiger partial charge in [-0.1, -0.05) is 72.6 Å². The van der Waals surface area contributed by atoms with Gasteiger partial charge in [0.2, 0.25) is 0 Å². The van der Waals surface area contributed by atoms with Crippen LogP contribution in [0.1, 0.15) is 25.7 Å². The smallest absolute Gasteiger partial charge is 0.0916 e. The van der Waals surface area contributed by atoms with E-state index in [4.69, 9.17) is 7.85 Å². The van der Waals surface area contributed by atoms with Gasteiger partial charge in [0, 0.05) is 17.5 Å².